The number of carbonyl (C=O) groups is 1. The quantitative estimate of drug-likeness (QED) is 0.752. The molecule has 2 aromatic heterocycles. The predicted molar refractivity (Wildman–Crippen MR) is 82.0 cm³/mol. The van der Waals surface area contributed by atoms with Crippen LogP contribution < -0.4 is 5.32 Å². The van der Waals surface area contributed by atoms with E-state index in [0.29, 0.717) is 18.2 Å². The van der Waals surface area contributed by atoms with Gasteiger partial charge in [0.2, 0.25) is 0 Å². The van der Waals surface area contributed by atoms with Crippen LogP contribution in [0.15, 0.2) is 53.2 Å². The van der Waals surface area contributed by atoms with Crippen molar-refractivity contribution >= 4 is 5.91 Å². The second-order valence-electron chi connectivity index (χ2n) is 4.83. The maximum Gasteiger partial charge on any atom is 0.287 e. The van der Waals surface area contributed by atoms with Crippen LogP contribution >= 0.6 is 0 Å². The van der Waals surface area contributed by atoms with Gasteiger partial charge in [0.05, 0.1) is 6.54 Å². The highest BCUT2D eigenvalue weighted by atomic mass is 16.5. The third kappa shape index (κ3) is 3.46. The number of hydrogen-bond acceptors (Lipinski definition) is 5. The molecule has 0 saturated heterocycles. The van der Waals surface area contributed by atoms with Gasteiger partial charge in [-0.2, -0.15) is 0 Å². The number of furan rings is 1. The van der Waals surface area contributed by atoms with E-state index in [1.54, 1.807) is 25.6 Å². The first-order valence-electron chi connectivity index (χ1n) is 7.08. The van der Waals surface area contributed by atoms with Crippen molar-refractivity contribution in [3.63, 3.8) is 0 Å². The fraction of sp³-hybridized carbons (Fsp3) is 0.188. The SMILES string of the molecule is COCc1ccc(C(=O)NCc2nncn2-c2ccccc2)o1. The average Bonchev–Trinajstić information content (AvgIpc) is 3.23. The molecule has 0 saturated carbocycles. The Labute approximate surface area is 132 Å². The first-order valence-corrected chi connectivity index (χ1v) is 7.08. The van der Waals surface area contributed by atoms with Crippen molar-refractivity contribution in [2.24, 2.45) is 0 Å². The summed E-state index contributed by atoms with van der Waals surface area (Å²) in [6.45, 7) is 0.573. The number of aromatic nitrogens is 3. The van der Waals surface area contributed by atoms with Crippen LogP contribution in [0.2, 0.25) is 0 Å². The van der Waals surface area contributed by atoms with Crippen LogP contribution in [0.4, 0.5) is 0 Å². The number of ether oxygens (including phenoxy) is 1. The monoisotopic (exact) mass is 312 g/mol. The lowest BCUT2D eigenvalue weighted by molar-refractivity contribution is 0.0913. The molecule has 3 rings (SSSR count). The highest BCUT2D eigenvalue weighted by Gasteiger charge is 2.13. The molecule has 7 heteroatoms. The lowest BCUT2D eigenvalue weighted by Crippen LogP contribution is -2.24. The molecule has 0 spiro atoms. The summed E-state index contributed by atoms with van der Waals surface area (Å²) < 4.78 is 12.2. The Hall–Kier alpha value is -2.93. The van der Waals surface area contributed by atoms with Crippen LogP contribution in [-0.4, -0.2) is 27.8 Å². The van der Waals surface area contributed by atoms with Crippen molar-refractivity contribution in [2.45, 2.75) is 13.2 Å². The van der Waals surface area contributed by atoms with E-state index in [1.165, 1.54) is 0 Å². The molecule has 0 aliphatic heterocycles. The first kappa shape index (κ1) is 15.0. The molecule has 118 valence electrons. The molecule has 7 nitrogen and oxygen atoms in total. The minimum atomic E-state index is -0.310. The van der Waals surface area contributed by atoms with Crippen molar-refractivity contribution in [1.82, 2.24) is 20.1 Å². The van der Waals surface area contributed by atoms with Crippen LogP contribution in [-0.2, 0) is 17.9 Å². The lowest BCUT2D eigenvalue weighted by atomic mass is 10.3. The zero-order valence-electron chi connectivity index (χ0n) is 12.6. The van der Waals surface area contributed by atoms with E-state index >= 15 is 0 Å². The average molecular weight is 312 g/mol. The summed E-state index contributed by atoms with van der Waals surface area (Å²) >= 11 is 0. The van der Waals surface area contributed by atoms with E-state index in [1.807, 2.05) is 34.9 Å². The maximum absolute atomic E-state index is 12.1. The van der Waals surface area contributed by atoms with Gasteiger partial charge in [-0.05, 0) is 24.3 Å². The molecule has 1 aromatic carbocycles. The highest BCUT2D eigenvalue weighted by Crippen LogP contribution is 2.11. The zero-order chi connectivity index (χ0) is 16.1. The Morgan fingerprint density at radius 1 is 1.26 bits per heavy atom. The van der Waals surface area contributed by atoms with Gasteiger partial charge in [0, 0.05) is 12.8 Å². The standard InChI is InChI=1S/C16H16N4O3/c1-22-10-13-7-8-14(23-13)16(21)17-9-15-19-18-11-20(15)12-5-3-2-4-6-12/h2-8,11H,9-10H2,1H3,(H,17,21). The van der Waals surface area contributed by atoms with Gasteiger partial charge in [-0.25, -0.2) is 0 Å². The van der Waals surface area contributed by atoms with Crippen molar-refractivity contribution in [3.05, 3.63) is 66.1 Å². The van der Waals surface area contributed by atoms with Gasteiger partial charge >= 0.3 is 0 Å². The number of methoxy groups -OCH3 is 1. The van der Waals surface area contributed by atoms with Crippen LogP contribution in [0.1, 0.15) is 22.1 Å². The molecule has 2 heterocycles. The molecule has 0 atom stereocenters. The van der Waals surface area contributed by atoms with E-state index in [2.05, 4.69) is 15.5 Å². The summed E-state index contributed by atoms with van der Waals surface area (Å²) in [6, 6.07) is 13.0. The Morgan fingerprint density at radius 2 is 2.09 bits per heavy atom. The fourth-order valence-electron chi connectivity index (χ4n) is 2.15. The summed E-state index contributed by atoms with van der Waals surface area (Å²) in [6.07, 6.45) is 1.61. The Balaban J connectivity index is 1.67. The molecular formula is C16H16N4O3. The van der Waals surface area contributed by atoms with Crippen molar-refractivity contribution in [1.29, 1.82) is 0 Å². The number of rotatable bonds is 6. The second-order valence-corrected chi connectivity index (χ2v) is 4.83. The van der Waals surface area contributed by atoms with Crippen molar-refractivity contribution in [2.75, 3.05) is 7.11 Å². The number of benzene rings is 1. The Morgan fingerprint density at radius 3 is 2.87 bits per heavy atom. The van der Waals surface area contributed by atoms with E-state index < -0.39 is 0 Å². The molecule has 1 N–H and O–H groups in total. The Bertz CT molecular complexity index is 779. The second kappa shape index (κ2) is 6.89. The number of nitrogens with zero attached hydrogens (tertiary/aromatic N) is 3. The van der Waals surface area contributed by atoms with Crippen LogP contribution in [0.25, 0.3) is 5.69 Å². The van der Waals surface area contributed by atoms with Crippen LogP contribution in [0.3, 0.4) is 0 Å². The molecule has 23 heavy (non-hydrogen) atoms. The fourth-order valence-corrected chi connectivity index (χ4v) is 2.15. The molecule has 0 fully saturated rings. The lowest BCUT2D eigenvalue weighted by Gasteiger charge is -2.07. The van der Waals surface area contributed by atoms with Gasteiger partial charge < -0.3 is 14.5 Å². The molecule has 0 radical (unpaired) electrons. The summed E-state index contributed by atoms with van der Waals surface area (Å²) in [5.74, 6) is 1.16. The zero-order valence-corrected chi connectivity index (χ0v) is 12.6. The first-order chi connectivity index (χ1) is 11.3. The van der Waals surface area contributed by atoms with Crippen molar-refractivity contribution < 1.29 is 13.9 Å². The van der Waals surface area contributed by atoms with Crippen LogP contribution in [0.5, 0.6) is 0 Å². The highest BCUT2D eigenvalue weighted by molar-refractivity contribution is 5.91. The van der Waals surface area contributed by atoms with Gasteiger partial charge in [-0.1, -0.05) is 18.2 Å². The normalized spacial score (nSPS) is 10.7. The number of carbonyl (C=O) groups excluding carboxylic acids is 1. The van der Waals surface area contributed by atoms with Gasteiger partial charge in [0.1, 0.15) is 18.7 Å². The van der Waals surface area contributed by atoms with Gasteiger partial charge in [0.15, 0.2) is 11.6 Å². The topological polar surface area (TPSA) is 82.2 Å². The minimum Gasteiger partial charge on any atom is -0.453 e. The van der Waals surface area contributed by atoms with E-state index in [4.69, 9.17) is 9.15 Å². The van der Waals surface area contributed by atoms with Crippen LogP contribution in [0, 0.1) is 0 Å². The number of para-hydroxylation sites is 1. The van der Waals surface area contributed by atoms with Gasteiger partial charge in [0.25, 0.3) is 5.91 Å². The largest absolute Gasteiger partial charge is 0.453 e. The summed E-state index contributed by atoms with van der Waals surface area (Å²) in [5.41, 5.74) is 0.933. The maximum atomic E-state index is 12.1. The number of hydrogen-bond donors (Lipinski definition) is 1. The van der Waals surface area contributed by atoms with E-state index in [9.17, 15) is 4.79 Å². The predicted octanol–water partition coefficient (Wildman–Crippen LogP) is 1.94. The van der Waals surface area contributed by atoms with E-state index in [0.717, 1.165) is 5.69 Å². The molecule has 1 amide bonds. The van der Waals surface area contributed by atoms with Gasteiger partial charge in [-0.15, -0.1) is 10.2 Å². The summed E-state index contributed by atoms with van der Waals surface area (Å²) in [4.78, 5) is 12.1. The molecular weight excluding hydrogens is 296 g/mol. The number of amides is 1. The summed E-state index contributed by atoms with van der Waals surface area (Å²) in [5, 5.41) is 10.7. The summed E-state index contributed by atoms with van der Waals surface area (Å²) in [7, 11) is 1.57. The van der Waals surface area contributed by atoms with Crippen molar-refractivity contribution in [3.8, 4) is 5.69 Å². The number of nitrogens with one attached hydrogen (secondary N) is 1. The third-order valence-corrected chi connectivity index (χ3v) is 3.23. The minimum absolute atomic E-state index is 0.239. The molecule has 0 bridgehead atoms. The molecule has 0 aliphatic carbocycles. The molecule has 0 aliphatic rings. The smallest absolute Gasteiger partial charge is 0.287 e. The Kier molecular flexibility index (Phi) is 4.49. The third-order valence-electron chi connectivity index (χ3n) is 3.23. The molecule has 3 aromatic rings. The molecule has 0 unspecified atom stereocenters. The van der Waals surface area contributed by atoms with Gasteiger partial charge in [-0.3, -0.25) is 9.36 Å². The van der Waals surface area contributed by atoms with E-state index in [-0.39, 0.29) is 18.2 Å².